The average Bonchev–Trinajstić information content (AvgIpc) is 1.91. The van der Waals surface area contributed by atoms with Crippen LogP contribution in [0.4, 0.5) is 4.39 Å². The molecule has 1 rings (SSSR count). The Balaban J connectivity index is 2.33. The van der Waals surface area contributed by atoms with Gasteiger partial charge in [-0.25, -0.2) is 4.39 Å². The minimum atomic E-state index is -0.597. The summed E-state index contributed by atoms with van der Waals surface area (Å²) in [7, 11) is 0. The van der Waals surface area contributed by atoms with Gasteiger partial charge in [-0.1, -0.05) is 0 Å². The van der Waals surface area contributed by atoms with Crippen molar-refractivity contribution < 1.29 is 4.39 Å². The Morgan fingerprint density at radius 1 is 1.71 bits per heavy atom. The normalized spacial score (nSPS) is 42.0. The van der Waals surface area contributed by atoms with Gasteiger partial charge in [-0.3, -0.25) is 0 Å². The van der Waals surface area contributed by atoms with Crippen molar-refractivity contribution in [1.82, 2.24) is 5.32 Å². The molecule has 1 aliphatic rings. The lowest BCUT2D eigenvalue weighted by molar-refractivity contribution is 0.313. The predicted molar refractivity (Wildman–Crippen MR) is 27.0 cm³/mol. The molecule has 7 heavy (non-hydrogen) atoms. The quantitative estimate of drug-likeness (QED) is 0.476. The second kappa shape index (κ2) is 1.78. The third-order valence-corrected chi connectivity index (χ3v) is 1.43. The molecule has 0 saturated carbocycles. The Morgan fingerprint density at radius 2 is 2.43 bits per heavy atom. The fourth-order valence-corrected chi connectivity index (χ4v) is 0.827. The minimum absolute atomic E-state index is 0.0972. The average molecular weight is 103 g/mol. The predicted octanol–water partition coefficient (Wildman–Crippen LogP) is 0.706. The van der Waals surface area contributed by atoms with E-state index in [1.165, 1.54) is 0 Å². The van der Waals surface area contributed by atoms with E-state index in [0.29, 0.717) is 6.42 Å². The fourth-order valence-electron chi connectivity index (χ4n) is 0.827. The number of nitrogens with one attached hydrogen (secondary N) is 1. The molecule has 1 unspecified atom stereocenters. The van der Waals surface area contributed by atoms with E-state index in [4.69, 9.17) is 0 Å². The van der Waals surface area contributed by atoms with E-state index in [1.54, 1.807) is 0 Å². The Morgan fingerprint density at radius 3 is 2.57 bits per heavy atom. The number of alkyl halides is 1. The van der Waals surface area contributed by atoms with E-state index in [0.717, 1.165) is 6.54 Å². The molecule has 1 aliphatic heterocycles. The lowest BCUT2D eigenvalue weighted by atomic mass is 10.2. The van der Waals surface area contributed by atoms with Gasteiger partial charge in [-0.05, 0) is 19.9 Å². The van der Waals surface area contributed by atoms with E-state index in [-0.39, 0.29) is 6.04 Å². The van der Waals surface area contributed by atoms with E-state index in [9.17, 15) is 4.39 Å². The van der Waals surface area contributed by atoms with Crippen LogP contribution in [0.3, 0.4) is 0 Å². The molecule has 0 aromatic heterocycles. The molecule has 1 saturated heterocycles. The number of hydrogen-bond donors (Lipinski definition) is 1. The molecule has 0 bridgehead atoms. The van der Waals surface area contributed by atoms with Crippen molar-refractivity contribution in [2.45, 2.75) is 25.6 Å². The van der Waals surface area contributed by atoms with Crippen molar-refractivity contribution in [3.63, 3.8) is 0 Å². The second-order valence-corrected chi connectivity index (χ2v) is 2.05. The Hall–Kier alpha value is -0.110. The van der Waals surface area contributed by atoms with Gasteiger partial charge in [0.15, 0.2) is 0 Å². The smallest absolute Gasteiger partial charge is 0.116 e. The van der Waals surface area contributed by atoms with Crippen molar-refractivity contribution in [2.75, 3.05) is 6.54 Å². The summed E-state index contributed by atoms with van der Waals surface area (Å²) in [5, 5.41) is 2.99. The molecule has 1 fully saturated rings. The zero-order valence-electron chi connectivity index (χ0n) is 4.45. The summed E-state index contributed by atoms with van der Waals surface area (Å²) in [6.45, 7) is 2.72. The molecule has 42 valence electrons. The maximum atomic E-state index is 12.3. The van der Waals surface area contributed by atoms with Crippen molar-refractivity contribution in [1.29, 1.82) is 0 Å². The monoisotopic (exact) mass is 103 g/mol. The van der Waals surface area contributed by atoms with Crippen LogP contribution in [-0.4, -0.2) is 18.8 Å². The van der Waals surface area contributed by atoms with E-state index >= 15 is 0 Å². The van der Waals surface area contributed by atoms with E-state index < -0.39 is 6.17 Å². The first-order chi connectivity index (χ1) is 3.30. The zero-order valence-corrected chi connectivity index (χ0v) is 4.45. The summed E-state index contributed by atoms with van der Waals surface area (Å²) in [6.07, 6.45) is 0.0984. The SMILES string of the molecule is CC1NCC[C@H]1F. The zero-order chi connectivity index (χ0) is 5.28. The number of halogens is 1. The molecule has 0 aliphatic carbocycles. The minimum Gasteiger partial charge on any atom is -0.311 e. The van der Waals surface area contributed by atoms with Crippen LogP contribution in [-0.2, 0) is 0 Å². The second-order valence-electron chi connectivity index (χ2n) is 2.05. The molecule has 1 nitrogen and oxygen atoms in total. The molecule has 0 radical (unpaired) electrons. The largest absolute Gasteiger partial charge is 0.311 e. The maximum Gasteiger partial charge on any atom is 0.116 e. The lowest BCUT2D eigenvalue weighted by Crippen LogP contribution is -2.23. The van der Waals surface area contributed by atoms with E-state index in [2.05, 4.69) is 5.32 Å². The van der Waals surface area contributed by atoms with Crippen LogP contribution in [0.15, 0.2) is 0 Å². The Labute approximate surface area is 42.9 Å². The van der Waals surface area contributed by atoms with Gasteiger partial charge >= 0.3 is 0 Å². The van der Waals surface area contributed by atoms with E-state index in [1.807, 2.05) is 6.92 Å². The molecule has 1 heterocycles. The third kappa shape index (κ3) is 0.911. The molecule has 2 atom stereocenters. The van der Waals surface area contributed by atoms with Gasteiger partial charge in [0.25, 0.3) is 0 Å². The molecule has 1 N–H and O–H groups in total. The fraction of sp³-hybridized carbons (Fsp3) is 1.00. The van der Waals surface area contributed by atoms with Crippen LogP contribution in [0, 0.1) is 0 Å². The summed E-state index contributed by atoms with van der Waals surface area (Å²) in [5.74, 6) is 0. The molecular weight excluding hydrogens is 93.1 g/mol. The van der Waals surface area contributed by atoms with Crippen LogP contribution in [0.2, 0.25) is 0 Å². The Kier molecular flexibility index (Phi) is 1.28. The summed E-state index contributed by atoms with van der Waals surface area (Å²) in [4.78, 5) is 0. The summed E-state index contributed by atoms with van der Waals surface area (Å²) in [5.41, 5.74) is 0. The van der Waals surface area contributed by atoms with Crippen LogP contribution in [0.25, 0.3) is 0 Å². The highest BCUT2D eigenvalue weighted by atomic mass is 19.1. The van der Waals surface area contributed by atoms with Crippen LogP contribution < -0.4 is 5.32 Å². The van der Waals surface area contributed by atoms with Gasteiger partial charge in [0, 0.05) is 6.04 Å². The first-order valence-corrected chi connectivity index (χ1v) is 2.68. The lowest BCUT2D eigenvalue weighted by Gasteiger charge is -2.01. The van der Waals surface area contributed by atoms with Crippen LogP contribution in [0.5, 0.6) is 0 Å². The summed E-state index contributed by atoms with van der Waals surface area (Å²) in [6, 6.07) is 0.0972. The third-order valence-electron chi connectivity index (χ3n) is 1.43. The highest BCUT2D eigenvalue weighted by Crippen LogP contribution is 2.08. The molecule has 0 amide bonds. The van der Waals surface area contributed by atoms with Gasteiger partial charge in [-0.2, -0.15) is 0 Å². The van der Waals surface area contributed by atoms with Gasteiger partial charge in [0.1, 0.15) is 6.17 Å². The van der Waals surface area contributed by atoms with Gasteiger partial charge in [0.05, 0.1) is 0 Å². The first kappa shape index (κ1) is 5.04. The van der Waals surface area contributed by atoms with Crippen LogP contribution >= 0.6 is 0 Å². The molecule has 0 aromatic carbocycles. The van der Waals surface area contributed by atoms with Gasteiger partial charge < -0.3 is 5.32 Å². The molecule has 2 heteroatoms. The van der Waals surface area contributed by atoms with Crippen molar-refractivity contribution in [3.8, 4) is 0 Å². The maximum absolute atomic E-state index is 12.3. The topological polar surface area (TPSA) is 12.0 Å². The highest BCUT2D eigenvalue weighted by Gasteiger charge is 2.20. The van der Waals surface area contributed by atoms with Gasteiger partial charge in [-0.15, -0.1) is 0 Å². The number of rotatable bonds is 0. The molecule has 0 aromatic rings. The first-order valence-electron chi connectivity index (χ1n) is 2.68. The van der Waals surface area contributed by atoms with Crippen LogP contribution in [0.1, 0.15) is 13.3 Å². The number of hydrogen-bond acceptors (Lipinski definition) is 1. The molecule has 0 spiro atoms. The van der Waals surface area contributed by atoms with Gasteiger partial charge in [0.2, 0.25) is 0 Å². The highest BCUT2D eigenvalue weighted by molar-refractivity contribution is 4.78. The standard InChI is InChI=1S/C5H10FN/c1-4-5(6)2-3-7-4/h4-5,7H,2-3H2,1H3/t4?,5-/m1/s1. The van der Waals surface area contributed by atoms with Crippen molar-refractivity contribution in [3.05, 3.63) is 0 Å². The van der Waals surface area contributed by atoms with Crippen molar-refractivity contribution >= 4 is 0 Å². The summed E-state index contributed by atoms with van der Waals surface area (Å²) < 4.78 is 12.3. The Bertz CT molecular complexity index is 57.1. The van der Waals surface area contributed by atoms with Crippen molar-refractivity contribution in [2.24, 2.45) is 0 Å². The molecular formula is C5H10FN. The summed E-state index contributed by atoms with van der Waals surface area (Å²) >= 11 is 0.